The molecule has 1 saturated heterocycles. The Morgan fingerprint density at radius 1 is 1.04 bits per heavy atom. The number of carbonyl (C=O) groups is 1. The lowest BCUT2D eigenvalue weighted by molar-refractivity contribution is 0.0923. The second kappa shape index (κ2) is 7.38. The maximum Gasteiger partial charge on any atom is 0.254 e. The second-order valence-electron chi connectivity index (χ2n) is 5.92. The van der Waals surface area contributed by atoms with Gasteiger partial charge in [-0.25, -0.2) is 4.39 Å². The minimum Gasteiger partial charge on any atom is -0.344 e. The molecule has 3 nitrogen and oxygen atoms in total. The van der Waals surface area contributed by atoms with E-state index in [1.807, 2.05) is 30.3 Å². The number of likely N-dealkylation sites (tertiary alicyclic amines) is 1. The highest BCUT2D eigenvalue weighted by Crippen LogP contribution is 2.19. The molecule has 0 spiro atoms. The summed E-state index contributed by atoms with van der Waals surface area (Å²) in [6, 6.07) is 15.8. The van der Waals surface area contributed by atoms with Crippen LogP contribution in [0.3, 0.4) is 0 Å². The van der Waals surface area contributed by atoms with Gasteiger partial charge in [-0.15, -0.1) is 0 Å². The summed E-state index contributed by atoms with van der Waals surface area (Å²) in [4.78, 5) is 14.8. The van der Waals surface area contributed by atoms with Gasteiger partial charge in [0.1, 0.15) is 5.82 Å². The smallest absolute Gasteiger partial charge is 0.254 e. The van der Waals surface area contributed by atoms with E-state index in [9.17, 15) is 9.18 Å². The van der Waals surface area contributed by atoms with E-state index >= 15 is 0 Å². The molecule has 4 heteroatoms. The van der Waals surface area contributed by atoms with Gasteiger partial charge < -0.3 is 10.2 Å². The van der Waals surface area contributed by atoms with Crippen molar-refractivity contribution in [3.8, 4) is 0 Å². The van der Waals surface area contributed by atoms with Crippen molar-refractivity contribution in [3.05, 3.63) is 71.5 Å². The number of hydrogen-bond acceptors (Lipinski definition) is 2. The maximum absolute atomic E-state index is 13.8. The molecule has 1 heterocycles. The van der Waals surface area contributed by atoms with Gasteiger partial charge in [-0.3, -0.25) is 4.79 Å². The third kappa shape index (κ3) is 3.96. The highest BCUT2D eigenvalue weighted by atomic mass is 19.1. The molecule has 1 aliphatic rings. The second-order valence-corrected chi connectivity index (χ2v) is 5.92. The fraction of sp³-hybridized carbons (Fsp3) is 0.316. The fourth-order valence-electron chi connectivity index (χ4n) is 3.02. The molecule has 120 valence electrons. The van der Waals surface area contributed by atoms with Crippen molar-refractivity contribution in [2.75, 3.05) is 19.6 Å². The first kappa shape index (κ1) is 15.7. The van der Waals surface area contributed by atoms with E-state index in [1.165, 1.54) is 25.0 Å². The molecular weight excluding hydrogens is 291 g/mol. The fourth-order valence-corrected chi connectivity index (χ4v) is 3.02. The number of nitrogens with zero attached hydrogens (tertiary/aromatic N) is 1. The Morgan fingerprint density at radius 3 is 2.39 bits per heavy atom. The summed E-state index contributed by atoms with van der Waals surface area (Å²) < 4.78 is 13.8. The van der Waals surface area contributed by atoms with Crippen molar-refractivity contribution in [3.63, 3.8) is 0 Å². The van der Waals surface area contributed by atoms with E-state index in [-0.39, 0.29) is 17.5 Å². The first-order valence-corrected chi connectivity index (χ1v) is 8.07. The summed E-state index contributed by atoms with van der Waals surface area (Å²) in [5.74, 6) is -0.853. The van der Waals surface area contributed by atoms with E-state index in [1.54, 1.807) is 12.1 Å². The Bertz CT molecular complexity index is 653. The molecular formula is C19H21FN2O. The molecule has 1 N–H and O–H groups in total. The minimum absolute atomic E-state index is 0.0925. The quantitative estimate of drug-likeness (QED) is 0.918. The largest absolute Gasteiger partial charge is 0.344 e. The average molecular weight is 312 g/mol. The van der Waals surface area contributed by atoms with Gasteiger partial charge in [-0.05, 0) is 43.6 Å². The number of rotatable bonds is 5. The molecule has 1 aliphatic heterocycles. The normalized spacial score (nSPS) is 16.2. The van der Waals surface area contributed by atoms with Crippen molar-refractivity contribution in [1.29, 1.82) is 0 Å². The van der Waals surface area contributed by atoms with Crippen molar-refractivity contribution >= 4 is 5.91 Å². The zero-order chi connectivity index (χ0) is 16.1. The Kier molecular flexibility index (Phi) is 5.03. The van der Waals surface area contributed by atoms with Crippen molar-refractivity contribution in [1.82, 2.24) is 10.2 Å². The SMILES string of the molecule is O=C(NC(CN1CCCC1)c1ccccc1)c1ccccc1F. The van der Waals surface area contributed by atoms with Crippen molar-refractivity contribution < 1.29 is 9.18 Å². The predicted molar refractivity (Wildman–Crippen MR) is 88.7 cm³/mol. The molecule has 23 heavy (non-hydrogen) atoms. The molecule has 3 rings (SSSR count). The van der Waals surface area contributed by atoms with Crippen LogP contribution >= 0.6 is 0 Å². The van der Waals surface area contributed by atoms with Crippen LogP contribution in [0.4, 0.5) is 4.39 Å². The van der Waals surface area contributed by atoms with Crippen LogP contribution in [0.5, 0.6) is 0 Å². The van der Waals surface area contributed by atoms with Gasteiger partial charge in [0.2, 0.25) is 0 Å². The Morgan fingerprint density at radius 2 is 1.70 bits per heavy atom. The number of carbonyl (C=O) groups excluding carboxylic acids is 1. The van der Waals surface area contributed by atoms with Crippen molar-refractivity contribution in [2.24, 2.45) is 0 Å². The zero-order valence-electron chi connectivity index (χ0n) is 13.0. The zero-order valence-corrected chi connectivity index (χ0v) is 13.0. The first-order chi connectivity index (χ1) is 11.2. The molecule has 0 saturated carbocycles. The lowest BCUT2D eigenvalue weighted by Crippen LogP contribution is -2.37. The van der Waals surface area contributed by atoms with Crippen LogP contribution < -0.4 is 5.32 Å². The van der Waals surface area contributed by atoms with Crippen LogP contribution in [0.25, 0.3) is 0 Å². The number of benzene rings is 2. The first-order valence-electron chi connectivity index (χ1n) is 8.07. The monoisotopic (exact) mass is 312 g/mol. The van der Waals surface area contributed by atoms with Gasteiger partial charge in [0.25, 0.3) is 5.91 Å². The lowest BCUT2D eigenvalue weighted by Gasteiger charge is -2.25. The van der Waals surface area contributed by atoms with Gasteiger partial charge >= 0.3 is 0 Å². The number of amides is 1. The lowest BCUT2D eigenvalue weighted by atomic mass is 10.1. The summed E-state index contributed by atoms with van der Waals surface area (Å²) in [6.07, 6.45) is 2.39. The molecule has 0 radical (unpaired) electrons. The van der Waals surface area contributed by atoms with E-state index in [0.717, 1.165) is 25.2 Å². The summed E-state index contributed by atoms with van der Waals surface area (Å²) >= 11 is 0. The Balaban J connectivity index is 1.78. The summed E-state index contributed by atoms with van der Waals surface area (Å²) in [6.45, 7) is 2.86. The molecule has 0 bridgehead atoms. The third-order valence-corrected chi connectivity index (χ3v) is 4.27. The average Bonchev–Trinajstić information content (AvgIpc) is 3.08. The standard InChI is InChI=1S/C19H21FN2O/c20-17-11-5-4-10-16(17)19(23)21-18(14-22-12-6-7-13-22)15-8-2-1-3-9-15/h1-5,8-11,18H,6-7,12-14H2,(H,21,23). The Hall–Kier alpha value is -2.20. The van der Waals surface area contributed by atoms with Gasteiger partial charge in [0.15, 0.2) is 0 Å². The molecule has 2 aromatic rings. The van der Waals surface area contributed by atoms with Gasteiger partial charge in [0, 0.05) is 6.54 Å². The van der Waals surface area contributed by atoms with Crippen molar-refractivity contribution in [2.45, 2.75) is 18.9 Å². The molecule has 1 atom stereocenters. The molecule has 1 fully saturated rings. The topological polar surface area (TPSA) is 32.3 Å². The van der Waals surface area contributed by atoms with Crippen LogP contribution in [-0.2, 0) is 0 Å². The highest BCUT2D eigenvalue weighted by molar-refractivity contribution is 5.94. The van der Waals surface area contributed by atoms with E-state index in [0.29, 0.717) is 0 Å². The van der Waals surface area contributed by atoms with Crippen LogP contribution in [0.15, 0.2) is 54.6 Å². The van der Waals surface area contributed by atoms with Crippen LogP contribution in [0.1, 0.15) is 34.8 Å². The van der Waals surface area contributed by atoms with Crippen LogP contribution in [0, 0.1) is 5.82 Å². The molecule has 0 aliphatic carbocycles. The molecule has 1 unspecified atom stereocenters. The van der Waals surface area contributed by atoms with Gasteiger partial charge in [0.05, 0.1) is 11.6 Å². The summed E-state index contributed by atoms with van der Waals surface area (Å²) in [5, 5.41) is 3.00. The predicted octanol–water partition coefficient (Wildman–Crippen LogP) is 3.39. The van der Waals surface area contributed by atoms with E-state index < -0.39 is 5.82 Å². The third-order valence-electron chi connectivity index (χ3n) is 4.27. The maximum atomic E-state index is 13.8. The van der Waals surface area contributed by atoms with E-state index in [2.05, 4.69) is 10.2 Å². The van der Waals surface area contributed by atoms with Crippen LogP contribution in [0.2, 0.25) is 0 Å². The number of hydrogen-bond donors (Lipinski definition) is 1. The molecule has 1 amide bonds. The summed E-state index contributed by atoms with van der Waals surface area (Å²) in [5.41, 5.74) is 1.14. The summed E-state index contributed by atoms with van der Waals surface area (Å²) in [7, 11) is 0. The molecule has 2 aromatic carbocycles. The van der Waals surface area contributed by atoms with Gasteiger partial charge in [-0.2, -0.15) is 0 Å². The number of nitrogens with one attached hydrogen (secondary N) is 1. The Labute approximate surface area is 136 Å². The van der Waals surface area contributed by atoms with Gasteiger partial charge in [-0.1, -0.05) is 42.5 Å². The van der Waals surface area contributed by atoms with E-state index in [4.69, 9.17) is 0 Å². The molecule has 0 aromatic heterocycles. The van der Waals surface area contributed by atoms with Crippen LogP contribution in [-0.4, -0.2) is 30.4 Å². The highest BCUT2D eigenvalue weighted by Gasteiger charge is 2.22. The minimum atomic E-state index is -0.488. The number of halogens is 1.